The standard InChI is InChI=1S/C12H13NO3/c1-2-12(14)13-9-3-5-10(6-4-9)15-7-11-8-16-11/h2-6,11H,1,7-8H2,(H,13,14). The maximum Gasteiger partial charge on any atom is 0.247 e. The minimum absolute atomic E-state index is 0.222. The van der Waals surface area contributed by atoms with Crippen LogP contribution in [0.3, 0.4) is 0 Å². The molecule has 1 aromatic carbocycles. The molecule has 1 aromatic rings. The summed E-state index contributed by atoms with van der Waals surface area (Å²) in [6.45, 7) is 4.75. The van der Waals surface area contributed by atoms with Crippen molar-refractivity contribution in [2.45, 2.75) is 6.10 Å². The number of hydrogen-bond donors (Lipinski definition) is 1. The van der Waals surface area contributed by atoms with Crippen LogP contribution in [0.4, 0.5) is 5.69 Å². The van der Waals surface area contributed by atoms with Crippen LogP contribution >= 0.6 is 0 Å². The number of amides is 1. The first kappa shape index (κ1) is 10.7. The Hall–Kier alpha value is -1.81. The molecule has 1 fully saturated rings. The summed E-state index contributed by atoms with van der Waals surface area (Å²) in [6, 6.07) is 7.18. The first-order chi connectivity index (χ1) is 7.78. The third-order valence-electron chi connectivity index (χ3n) is 2.15. The van der Waals surface area contributed by atoms with Crippen molar-refractivity contribution in [2.75, 3.05) is 18.5 Å². The van der Waals surface area contributed by atoms with Gasteiger partial charge in [0.25, 0.3) is 0 Å². The molecule has 1 amide bonds. The lowest BCUT2D eigenvalue weighted by molar-refractivity contribution is -0.111. The summed E-state index contributed by atoms with van der Waals surface area (Å²) in [5.41, 5.74) is 0.722. The molecule has 84 valence electrons. The van der Waals surface area contributed by atoms with E-state index < -0.39 is 0 Å². The van der Waals surface area contributed by atoms with E-state index >= 15 is 0 Å². The molecule has 0 radical (unpaired) electrons. The minimum atomic E-state index is -0.222. The Bertz CT molecular complexity index is 382. The van der Waals surface area contributed by atoms with Gasteiger partial charge in [0.15, 0.2) is 0 Å². The third kappa shape index (κ3) is 3.10. The van der Waals surface area contributed by atoms with Crippen LogP contribution in [0.2, 0.25) is 0 Å². The van der Waals surface area contributed by atoms with Crippen LogP contribution in [0.1, 0.15) is 0 Å². The Labute approximate surface area is 93.9 Å². The molecule has 1 aliphatic rings. The fourth-order valence-electron chi connectivity index (χ4n) is 1.18. The predicted molar refractivity (Wildman–Crippen MR) is 60.5 cm³/mol. The number of hydrogen-bond acceptors (Lipinski definition) is 3. The minimum Gasteiger partial charge on any atom is -0.491 e. The van der Waals surface area contributed by atoms with Crippen molar-refractivity contribution >= 4 is 11.6 Å². The molecular formula is C12H13NO3. The van der Waals surface area contributed by atoms with Crippen molar-refractivity contribution < 1.29 is 14.3 Å². The molecule has 1 aliphatic heterocycles. The smallest absolute Gasteiger partial charge is 0.247 e. The number of benzene rings is 1. The highest BCUT2D eigenvalue weighted by Crippen LogP contribution is 2.17. The highest BCUT2D eigenvalue weighted by Gasteiger charge is 2.22. The van der Waals surface area contributed by atoms with E-state index in [-0.39, 0.29) is 12.0 Å². The third-order valence-corrected chi connectivity index (χ3v) is 2.15. The average Bonchev–Trinajstić information content (AvgIpc) is 3.12. The van der Waals surface area contributed by atoms with E-state index in [1.54, 1.807) is 24.3 Å². The lowest BCUT2D eigenvalue weighted by Gasteiger charge is -2.05. The molecule has 0 spiro atoms. The van der Waals surface area contributed by atoms with Crippen LogP contribution < -0.4 is 10.1 Å². The summed E-state index contributed by atoms with van der Waals surface area (Å²) in [4.78, 5) is 11.0. The van der Waals surface area contributed by atoms with Crippen molar-refractivity contribution in [1.82, 2.24) is 0 Å². The molecule has 1 atom stereocenters. The van der Waals surface area contributed by atoms with E-state index in [0.29, 0.717) is 6.61 Å². The van der Waals surface area contributed by atoms with E-state index in [9.17, 15) is 4.79 Å². The van der Waals surface area contributed by atoms with E-state index in [0.717, 1.165) is 18.0 Å². The van der Waals surface area contributed by atoms with Gasteiger partial charge in [-0.05, 0) is 30.3 Å². The lowest BCUT2D eigenvalue weighted by atomic mass is 10.3. The first-order valence-corrected chi connectivity index (χ1v) is 5.06. The number of carbonyl (C=O) groups is 1. The number of ether oxygens (including phenoxy) is 2. The van der Waals surface area contributed by atoms with Gasteiger partial charge >= 0.3 is 0 Å². The fraction of sp³-hybridized carbons (Fsp3) is 0.250. The van der Waals surface area contributed by atoms with Crippen LogP contribution in [0.25, 0.3) is 0 Å². The van der Waals surface area contributed by atoms with Crippen molar-refractivity contribution in [3.63, 3.8) is 0 Å². The number of nitrogens with one attached hydrogen (secondary N) is 1. The summed E-state index contributed by atoms with van der Waals surface area (Å²) in [5.74, 6) is 0.548. The molecule has 1 heterocycles. The van der Waals surface area contributed by atoms with Gasteiger partial charge in [-0.2, -0.15) is 0 Å². The Morgan fingerprint density at radius 3 is 2.81 bits per heavy atom. The second-order valence-corrected chi connectivity index (χ2v) is 3.48. The van der Waals surface area contributed by atoms with Gasteiger partial charge in [0.1, 0.15) is 18.5 Å². The predicted octanol–water partition coefficient (Wildman–Crippen LogP) is 1.59. The summed E-state index contributed by atoms with van der Waals surface area (Å²) < 4.78 is 10.5. The van der Waals surface area contributed by atoms with Crippen molar-refractivity contribution in [2.24, 2.45) is 0 Å². The quantitative estimate of drug-likeness (QED) is 0.604. The van der Waals surface area contributed by atoms with Crippen molar-refractivity contribution in [3.8, 4) is 5.75 Å². The van der Waals surface area contributed by atoms with Crippen LogP contribution in [0, 0.1) is 0 Å². The molecule has 0 bridgehead atoms. The van der Waals surface area contributed by atoms with E-state index in [2.05, 4.69) is 11.9 Å². The number of rotatable bonds is 5. The number of carbonyl (C=O) groups excluding carboxylic acids is 1. The molecule has 0 aromatic heterocycles. The molecule has 0 saturated carbocycles. The normalized spacial score (nSPS) is 17.6. The van der Waals surface area contributed by atoms with Gasteiger partial charge in [0.2, 0.25) is 5.91 Å². The maximum atomic E-state index is 11.0. The van der Waals surface area contributed by atoms with Gasteiger partial charge < -0.3 is 14.8 Å². The van der Waals surface area contributed by atoms with Crippen LogP contribution in [0.15, 0.2) is 36.9 Å². The van der Waals surface area contributed by atoms with Gasteiger partial charge in [-0.3, -0.25) is 4.79 Å². The molecular weight excluding hydrogens is 206 g/mol. The van der Waals surface area contributed by atoms with Crippen LogP contribution in [0.5, 0.6) is 5.75 Å². The second kappa shape index (κ2) is 4.81. The van der Waals surface area contributed by atoms with E-state index in [1.165, 1.54) is 6.08 Å². The largest absolute Gasteiger partial charge is 0.491 e. The van der Waals surface area contributed by atoms with Crippen molar-refractivity contribution in [1.29, 1.82) is 0 Å². The van der Waals surface area contributed by atoms with Crippen LogP contribution in [-0.2, 0) is 9.53 Å². The van der Waals surface area contributed by atoms with Gasteiger partial charge in [-0.25, -0.2) is 0 Å². The fourth-order valence-corrected chi connectivity index (χ4v) is 1.18. The summed E-state index contributed by atoms with van der Waals surface area (Å²) in [6.07, 6.45) is 1.48. The summed E-state index contributed by atoms with van der Waals surface area (Å²) >= 11 is 0. The molecule has 4 heteroatoms. The van der Waals surface area contributed by atoms with Gasteiger partial charge in [-0.1, -0.05) is 6.58 Å². The molecule has 1 N–H and O–H groups in total. The van der Waals surface area contributed by atoms with E-state index in [4.69, 9.17) is 9.47 Å². The van der Waals surface area contributed by atoms with Crippen LogP contribution in [-0.4, -0.2) is 25.2 Å². The Balaban J connectivity index is 1.87. The van der Waals surface area contributed by atoms with Crippen molar-refractivity contribution in [3.05, 3.63) is 36.9 Å². The number of anilines is 1. The lowest BCUT2D eigenvalue weighted by Crippen LogP contribution is -2.07. The van der Waals surface area contributed by atoms with Gasteiger partial charge in [0.05, 0.1) is 6.61 Å². The van der Waals surface area contributed by atoms with Gasteiger partial charge in [0, 0.05) is 5.69 Å². The SMILES string of the molecule is C=CC(=O)Nc1ccc(OCC2CO2)cc1. The van der Waals surface area contributed by atoms with E-state index in [1.807, 2.05) is 0 Å². The zero-order valence-corrected chi connectivity index (χ0v) is 8.81. The molecule has 0 aliphatic carbocycles. The molecule has 4 nitrogen and oxygen atoms in total. The highest BCUT2D eigenvalue weighted by atomic mass is 16.6. The zero-order chi connectivity index (χ0) is 11.4. The topological polar surface area (TPSA) is 50.9 Å². The Morgan fingerprint density at radius 1 is 1.56 bits per heavy atom. The first-order valence-electron chi connectivity index (χ1n) is 5.06. The summed E-state index contributed by atoms with van der Waals surface area (Å²) in [5, 5.41) is 2.66. The number of epoxide rings is 1. The summed E-state index contributed by atoms with van der Waals surface area (Å²) in [7, 11) is 0. The monoisotopic (exact) mass is 219 g/mol. The second-order valence-electron chi connectivity index (χ2n) is 3.48. The molecule has 1 saturated heterocycles. The maximum absolute atomic E-state index is 11.0. The average molecular weight is 219 g/mol. The van der Waals surface area contributed by atoms with Gasteiger partial charge in [-0.15, -0.1) is 0 Å². The molecule has 2 rings (SSSR count). The molecule has 1 unspecified atom stereocenters. The zero-order valence-electron chi connectivity index (χ0n) is 8.81. The Kier molecular flexibility index (Phi) is 3.22. The highest BCUT2D eigenvalue weighted by molar-refractivity contribution is 5.98. The molecule has 16 heavy (non-hydrogen) atoms. The Morgan fingerprint density at radius 2 is 2.25 bits per heavy atom.